The molecule has 6 heteroatoms. The van der Waals surface area contributed by atoms with Gasteiger partial charge in [0.15, 0.2) is 5.13 Å². The summed E-state index contributed by atoms with van der Waals surface area (Å²) in [7, 11) is 1.67. The maximum Gasteiger partial charge on any atom is 0.231 e. The van der Waals surface area contributed by atoms with Crippen molar-refractivity contribution in [3.05, 3.63) is 48.0 Å². The standard InChI is InChI=1S/C20H21N3O2S/c1-3-13-6-4-5-7-16(13)21-19(24)14-11-23(12-14)20-22-17-9-8-15(25-2)10-18(17)26-20/h4-10,14H,3,11-12H2,1-2H3,(H,21,24). The SMILES string of the molecule is CCc1ccccc1NC(=O)C1CN(c2nc3ccc(OC)cc3s2)C1. The number of amides is 1. The Bertz CT molecular complexity index is 947. The van der Waals surface area contributed by atoms with Crippen molar-refractivity contribution in [3.8, 4) is 5.75 Å². The minimum atomic E-state index is 0.00135. The smallest absolute Gasteiger partial charge is 0.231 e. The average molecular weight is 367 g/mol. The summed E-state index contributed by atoms with van der Waals surface area (Å²) >= 11 is 1.64. The molecular formula is C20H21N3O2S. The highest BCUT2D eigenvalue weighted by atomic mass is 32.1. The molecule has 0 atom stereocenters. The predicted octanol–water partition coefficient (Wildman–Crippen LogP) is 3.94. The van der Waals surface area contributed by atoms with Crippen molar-refractivity contribution in [1.82, 2.24) is 4.98 Å². The number of rotatable bonds is 5. The van der Waals surface area contributed by atoms with E-state index >= 15 is 0 Å². The summed E-state index contributed by atoms with van der Waals surface area (Å²) in [5.74, 6) is 0.926. The molecule has 0 bridgehead atoms. The number of carbonyl (C=O) groups excluding carboxylic acids is 1. The molecule has 1 aliphatic rings. The van der Waals surface area contributed by atoms with E-state index in [1.807, 2.05) is 36.4 Å². The van der Waals surface area contributed by atoms with Gasteiger partial charge in [-0.15, -0.1) is 0 Å². The second-order valence-corrected chi connectivity index (χ2v) is 7.44. The lowest BCUT2D eigenvalue weighted by Crippen LogP contribution is -2.52. The number of hydrogen-bond acceptors (Lipinski definition) is 5. The number of para-hydroxylation sites is 1. The molecule has 134 valence electrons. The van der Waals surface area contributed by atoms with Crippen LogP contribution in [0.5, 0.6) is 5.75 Å². The zero-order chi connectivity index (χ0) is 18.1. The number of methoxy groups -OCH3 is 1. The average Bonchev–Trinajstić information content (AvgIpc) is 3.03. The number of nitrogens with one attached hydrogen (secondary N) is 1. The molecule has 26 heavy (non-hydrogen) atoms. The van der Waals surface area contributed by atoms with E-state index in [2.05, 4.69) is 28.2 Å². The van der Waals surface area contributed by atoms with Crippen LogP contribution in [0.4, 0.5) is 10.8 Å². The maximum absolute atomic E-state index is 12.5. The van der Waals surface area contributed by atoms with Crippen LogP contribution in [0.1, 0.15) is 12.5 Å². The van der Waals surface area contributed by atoms with E-state index in [0.717, 1.165) is 38.8 Å². The number of anilines is 2. The van der Waals surface area contributed by atoms with Crippen molar-refractivity contribution in [2.24, 2.45) is 5.92 Å². The lowest BCUT2D eigenvalue weighted by atomic mass is 9.99. The molecule has 1 N–H and O–H groups in total. The van der Waals surface area contributed by atoms with Crippen LogP contribution in [0, 0.1) is 5.92 Å². The molecule has 1 amide bonds. The van der Waals surface area contributed by atoms with E-state index in [-0.39, 0.29) is 11.8 Å². The molecule has 0 unspecified atom stereocenters. The third kappa shape index (κ3) is 3.12. The molecule has 0 spiro atoms. The highest BCUT2D eigenvalue weighted by molar-refractivity contribution is 7.22. The molecule has 1 aromatic heterocycles. The molecule has 4 rings (SSSR count). The van der Waals surface area contributed by atoms with Gasteiger partial charge in [-0.1, -0.05) is 36.5 Å². The first-order chi connectivity index (χ1) is 12.7. The molecule has 0 saturated carbocycles. The van der Waals surface area contributed by atoms with Gasteiger partial charge in [0.1, 0.15) is 5.75 Å². The third-order valence-corrected chi connectivity index (χ3v) is 5.84. The van der Waals surface area contributed by atoms with Crippen LogP contribution in [0.3, 0.4) is 0 Å². The highest BCUT2D eigenvalue weighted by Crippen LogP contribution is 2.34. The monoisotopic (exact) mass is 367 g/mol. The van der Waals surface area contributed by atoms with Crippen LogP contribution < -0.4 is 15.0 Å². The van der Waals surface area contributed by atoms with E-state index in [4.69, 9.17) is 4.74 Å². The fourth-order valence-electron chi connectivity index (χ4n) is 3.14. The molecule has 2 aromatic carbocycles. The molecular weight excluding hydrogens is 346 g/mol. The lowest BCUT2D eigenvalue weighted by Gasteiger charge is -2.38. The van der Waals surface area contributed by atoms with Crippen molar-refractivity contribution in [3.63, 3.8) is 0 Å². The molecule has 1 fully saturated rings. The Kier molecular flexibility index (Phi) is 4.51. The fraction of sp³-hybridized carbons (Fsp3) is 0.300. The minimum Gasteiger partial charge on any atom is -0.497 e. The van der Waals surface area contributed by atoms with Gasteiger partial charge in [-0.05, 0) is 36.2 Å². The van der Waals surface area contributed by atoms with Crippen LogP contribution in [0.15, 0.2) is 42.5 Å². The van der Waals surface area contributed by atoms with E-state index in [9.17, 15) is 4.79 Å². The summed E-state index contributed by atoms with van der Waals surface area (Å²) in [6.07, 6.45) is 0.905. The summed E-state index contributed by atoms with van der Waals surface area (Å²) in [6.45, 7) is 3.51. The van der Waals surface area contributed by atoms with Crippen LogP contribution in [0.2, 0.25) is 0 Å². The third-order valence-electron chi connectivity index (χ3n) is 4.76. The second kappa shape index (κ2) is 6.96. The Balaban J connectivity index is 1.41. The predicted molar refractivity (Wildman–Crippen MR) is 106 cm³/mol. The van der Waals surface area contributed by atoms with E-state index in [1.165, 1.54) is 0 Å². The first-order valence-electron chi connectivity index (χ1n) is 8.76. The van der Waals surface area contributed by atoms with Gasteiger partial charge in [0, 0.05) is 18.8 Å². The number of nitrogens with zero attached hydrogens (tertiary/aromatic N) is 2. The number of aryl methyl sites for hydroxylation is 1. The summed E-state index contributed by atoms with van der Waals surface area (Å²) in [6, 6.07) is 13.9. The Morgan fingerprint density at radius 1 is 1.31 bits per heavy atom. The Morgan fingerprint density at radius 3 is 2.88 bits per heavy atom. The van der Waals surface area contributed by atoms with Crippen LogP contribution in [-0.4, -0.2) is 31.1 Å². The van der Waals surface area contributed by atoms with Crippen molar-refractivity contribution in [2.75, 3.05) is 30.4 Å². The quantitative estimate of drug-likeness (QED) is 0.742. The summed E-state index contributed by atoms with van der Waals surface area (Å²) in [4.78, 5) is 19.4. The Hall–Kier alpha value is -2.60. The molecule has 3 aromatic rings. The Labute approximate surface area is 156 Å². The lowest BCUT2D eigenvalue weighted by molar-refractivity contribution is -0.120. The number of ether oxygens (including phenoxy) is 1. The van der Waals surface area contributed by atoms with Crippen LogP contribution >= 0.6 is 11.3 Å². The van der Waals surface area contributed by atoms with Gasteiger partial charge in [-0.2, -0.15) is 0 Å². The van der Waals surface area contributed by atoms with Gasteiger partial charge in [0.25, 0.3) is 0 Å². The zero-order valence-corrected chi connectivity index (χ0v) is 15.7. The van der Waals surface area contributed by atoms with Gasteiger partial charge >= 0.3 is 0 Å². The van der Waals surface area contributed by atoms with Gasteiger partial charge in [-0.25, -0.2) is 4.98 Å². The van der Waals surface area contributed by atoms with Gasteiger partial charge in [-0.3, -0.25) is 4.79 Å². The molecule has 5 nitrogen and oxygen atoms in total. The van der Waals surface area contributed by atoms with Gasteiger partial charge < -0.3 is 15.0 Å². The summed E-state index contributed by atoms with van der Waals surface area (Å²) in [5.41, 5.74) is 3.05. The summed E-state index contributed by atoms with van der Waals surface area (Å²) < 4.78 is 6.37. The number of fused-ring (bicyclic) bond motifs is 1. The van der Waals surface area contributed by atoms with Gasteiger partial charge in [0.05, 0.1) is 23.2 Å². The molecule has 0 aliphatic carbocycles. The number of thiazole rings is 1. The van der Waals surface area contributed by atoms with Crippen molar-refractivity contribution in [1.29, 1.82) is 0 Å². The van der Waals surface area contributed by atoms with E-state index < -0.39 is 0 Å². The topological polar surface area (TPSA) is 54.5 Å². The molecule has 0 radical (unpaired) electrons. The van der Waals surface area contributed by atoms with Gasteiger partial charge in [0.2, 0.25) is 5.91 Å². The molecule has 2 heterocycles. The zero-order valence-electron chi connectivity index (χ0n) is 14.9. The fourth-order valence-corrected chi connectivity index (χ4v) is 4.15. The van der Waals surface area contributed by atoms with Crippen molar-refractivity contribution in [2.45, 2.75) is 13.3 Å². The van der Waals surface area contributed by atoms with Crippen molar-refractivity contribution < 1.29 is 9.53 Å². The second-order valence-electron chi connectivity index (χ2n) is 6.43. The molecule has 1 saturated heterocycles. The highest BCUT2D eigenvalue weighted by Gasteiger charge is 2.34. The number of benzene rings is 2. The van der Waals surface area contributed by atoms with Crippen LogP contribution in [-0.2, 0) is 11.2 Å². The Morgan fingerprint density at radius 2 is 2.12 bits per heavy atom. The largest absolute Gasteiger partial charge is 0.497 e. The number of aromatic nitrogens is 1. The van der Waals surface area contributed by atoms with E-state index in [1.54, 1.807) is 18.4 Å². The summed E-state index contributed by atoms with van der Waals surface area (Å²) in [5, 5.41) is 4.04. The van der Waals surface area contributed by atoms with Crippen molar-refractivity contribution >= 4 is 38.3 Å². The first-order valence-corrected chi connectivity index (χ1v) is 9.58. The molecule has 1 aliphatic heterocycles. The number of hydrogen-bond donors (Lipinski definition) is 1. The maximum atomic E-state index is 12.5. The van der Waals surface area contributed by atoms with E-state index in [0.29, 0.717) is 13.1 Å². The van der Waals surface area contributed by atoms with Crippen LogP contribution in [0.25, 0.3) is 10.2 Å². The normalized spacial score (nSPS) is 14.3. The number of carbonyl (C=O) groups is 1. The first kappa shape index (κ1) is 16.8. The minimum absolute atomic E-state index is 0.00135.